The second kappa shape index (κ2) is 16.0. The topological polar surface area (TPSA) is 153 Å². The van der Waals surface area contributed by atoms with E-state index in [-0.39, 0.29) is 29.8 Å². The molecule has 4 N–H and O–H groups in total. The molecule has 2 unspecified atom stereocenters. The molecular weight excluding hydrogens is 476 g/mol. The van der Waals surface area contributed by atoms with E-state index in [9.17, 15) is 0 Å². The lowest BCUT2D eigenvalue weighted by Gasteiger charge is -2.17. The average molecular weight is 515 g/mol. The molecule has 198 valence electrons. The SMILES string of the molecule is CCC(Nc1nc(Cl)nc(NC(CC)OC)n1)OC.COc1nc(NC(C)C)nc(NC(C)C)n1. The number of ether oxygens (including phenoxy) is 3. The zero-order valence-electron chi connectivity index (χ0n) is 22.0. The third-order valence-electron chi connectivity index (χ3n) is 4.13. The van der Waals surface area contributed by atoms with Crippen LogP contribution in [0.2, 0.25) is 5.28 Å². The van der Waals surface area contributed by atoms with Gasteiger partial charge in [0.1, 0.15) is 12.5 Å². The maximum absolute atomic E-state index is 5.87. The fraction of sp³-hybridized carbons (Fsp3) is 0.714. The largest absolute Gasteiger partial charge is 0.467 e. The molecule has 0 amide bonds. The van der Waals surface area contributed by atoms with Crippen LogP contribution in [0.1, 0.15) is 54.4 Å². The van der Waals surface area contributed by atoms with Gasteiger partial charge in [-0.3, -0.25) is 0 Å². The number of methoxy groups -OCH3 is 3. The predicted molar refractivity (Wildman–Crippen MR) is 138 cm³/mol. The molecule has 13 nitrogen and oxygen atoms in total. The van der Waals surface area contributed by atoms with Crippen LogP contribution in [0.3, 0.4) is 0 Å². The Morgan fingerprint density at radius 1 is 0.629 bits per heavy atom. The third kappa shape index (κ3) is 12.0. The van der Waals surface area contributed by atoms with E-state index >= 15 is 0 Å². The van der Waals surface area contributed by atoms with Crippen LogP contribution >= 0.6 is 11.6 Å². The van der Waals surface area contributed by atoms with E-state index in [0.717, 1.165) is 12.8 Å². The fourth-order valence-electron chi connectivity index (χ4n) is 2.52. The first-order chi connectivity index (χ1) is 16.6. The molecule has 0 saturated heterocycles. The number of nitrogens with zero attached hydrogens (tertiary/aromatic N) is 6. The van der Waals surface area contributed by atoms with Gasteiger partial charge in [-0.1, -0.05) is 13.8 Å². The van der Waals surface area contributed by atoms with Gasteiger partial charge in [0.05, 0.1) is 7.11 Å². The molecule has 14 heteroatoms. The second-order valence-electron chi connectivity index (χ2n) is 7.87. The smallest absolute Gasteiger partial charge is 0.322 e. The number of aromatic nitrogens is 6. The molecule has 35 heavy (non-hydrogen) atoms. The molecule has 0 spiro atoms. The van der Waals surface area contributed by atoms with Crippen molar-refractivity contribution in [3.63, 3.8) is 0 Å². The van der Waals surface area contributed by atoms with Crippen molar-refractivity contribution in [3.8, 4) is 6.01 Å². The normalized spacial score (nSPS) is 12.5. The van der Waals surface area contributed by atoms with Crippen molar-refractivity contribution in [2.45, 2.75) is 78.9 Å². The van der Waals surface area contributed by atoms with Gasteiger partial charge in [-0.05, 0) is 52.1 Å². The minimum atomic E-state index is -0.171. The van der Waals surface area contributed by atoms with Gasteiger partial charge in [-0.25, -0.2) is 0 Å². The van der Waals surface area contributed by atoms with E-state index < -0.39 is 0 Å². The molecule has 2 aromatic heterocycles. The summed E-state index contributed by atoms with van der Waals surface area (Å²) >= 11 is 5.87. The number of hydrogen-bond donors (Lipinski definition) is 4. The summed E-state index contributed by atoms with van der Waals surface area (Å²) in [6.07, 6.45) is 1.21. The van der Waals surface area contributed by atoms with Crippen molar-refractivity contribution in [2.75, 3.05) is 42.6 Å². The van der Waals surface area contributed by atoms with Crippen molar-refractivity contribution in [3.05, 3.63) is 5.28 Å². The average Bonchev–Trinajstić information content (AvgIpc) is 2.80. The van der Waals surface area contributed by atoms with Gasteiger partial charge in [0.2, 0.25) is 29.1 Å². The Morgan fingerprint density at radius 3 is 1.29 bits per heavy atom. The number of halogens is 1. The van der Waals surface area contributed by atoms with E-state index in [1.807, 2.05) is 41.5 Å². The van der Waals surface area contributed by atoms with Crippen LogP contribution in [0.15, 0.2) is 0 Å². The van der Waals surface area contributed by atoms with Gasteiger partial charge in [-0.2, -0.15) is 29.9 Å². The maximum atomic E-state index is 5.87. The molecule has 0 radical (unpaired) electrons. The van der Waals surface area contributed by atoms with Crippen LogP contribution in [-0.2, 0) is 9.47 Å². The number of hydrogen-bond acceptors (Lipinski definition) is 13. The summed E-state index contributed by atoms with van der Waals surface area (Å²) in [6.45, 7) is 12.1. The zero-order chi connectivity index (χ0) is 26.4. The minimum Gasteiger partial charge on any atom is -0.467 e. The highest BCUT2D eigenvalue weighted by Gasteiger charge is 2.12. The van der Waals surface area contributed by atoms with Gasteiger partial charge in [-0.15, -0.1) is 0 Å². The Bertz CT molecular complexity index is 807. The van der Waals surface area contributed by atoms with Gasteiger partial charge >= 0.3 is 6.01 Å². The first-order valence-corrected chi connectivity index (χ1v) is 11.8. The standard InChI is InChI=1S/C11H20ClN5O2.C10H19N5O/c1-5-7(18-3)13-10-15-9(12)16-11(17-10)14-8(6-2)19-4;1-6(2)11-8-13-9(12-7(3)4)15-10(14-8)16-5/h7-8H,5-6H2,1-4H3,(H2,13,14,15,16,17);6-7H,1-5H3,(H2,11,12,13,14,15). The summed E-state index contributed by atoms with van der Waals surface area (Å²) in [7, 11) is 4.76. The lowest BCUT2D eigenvalue weighted by Crippen LogP contribution is -2.24. The number of anilines is 4. The summed E-state index contributed by atoms with van der Waals surface area (Å²) < 4.78 is 15.4. The molecule has 0 bridgehead atoms. The minimum absolute atomic E-state index is 0.108. The fourth-order valence-corrected chi connectivity index (χ4v) is 2.68. The van der Waals surface area contributed by atoms with Gasteiger partial charge in [0.25, 0.3) is 0 Å². The highest BCUT2D eigenvalue weighted by molar-refractivity contribution is 6.28. The number of nitrogens with one attached hydrogen (secondary N) is 4. The van der Waals surface area contributed by atoms with Gasteiger partial charge in [0, 0.05) is 26.3 Å². The molecule has 2 heterocycles. The summed E-state index contributed by atoms with van der Waals surface area (Å²) in [5, 5.41) is 12.4. The van der Waals surface area contributed by atoms with E-state index in [1.54, 1.807) is 14.2 Å². The Balaban J connectivity index is 0.000000355. The van der Waals surface area contributed by atoms with Gasteiger partial charge in [0.15, 0.2) is 0 Å². The lowest BCUT2D eigenvalue weighted by atomic mass is 10.4. The molecule has 0 aromatic carbocycles. The van der Waals surface area contributed by atoms with Crippen molar-refractivity contribution >= 4 is 35.4 Å². The Hall–Kier alpha value is -2.77. The quantitative estimate of drug-likeness (QED) is 0.288. The van der Waals surface area contributed by atoms with E-state index in [0.29, 0.717) is 29.8 Å². The van der Waals surface area contributed by atoms with Crippen molar-refractivity contribution < 1.29 is 14.2 Å². The molecule has 0 aliphatic carbocycles. The Labute approximate surface area is 212 Å². The molecule has 2 rings (SSSR count). The molecule has 0 saturated carbocycles. The van der Waals surface area contributed by atoms with Crippen LogP contribution in [0, 0.1) is 0 Å². The van der Waals surface area contributed by atoms with E-state index in [1.165, 1.54) is 7.11 Å². The highest BCUT2D eigenvalue weighted by atomic mass is 35.5. The summed E-state index contributed by atoms with van der Waals surface area (Å²) in [6, 6.07) is 0.833. The van der Waals surface area contributed by atoms with Crippen LogP contribution in [0.5, 0.6) is 6.01 Å². The molecular formula is C21H39ClN10O3. The van der Waals surface area contributed by atoms with Crippen molar-refractivity contribution in [2.24, 2.45) is 0 Å². The zero-order valence-corrected chi connectivity index (χ0v) is 22.8. The first kappa shape index (κ1) is 30.3. The van der Waals surface area contributed by atoms with Crippen molar-refractivity contribution in [1.29, 1.82) is 0 Å². The lowest BCUT2D eigenvalue weighted by molar-refractivity contribution is 0.121. The predicted octanol–water partition coefficient (Wildman–Crippen LogP) is 3.63. The summed E-state index contributed by atoms with van der Waals surface area (Å²) in [4.78, 5) is 24.7. The Morgan fingerprint density at radius 2 is 1.00 bits per heavy atom. The number of rotatable bonds is 13. The van der Waals surface area contributed by atoms with E-state index in [2.05, 4.69) is 51.2 Å². The van der Waals surface area contributed by atoms with E-state index in [4.69, 9.17) is 25.8 Å². The van der Waals surface area contributed by atoms with Crippen molar-refractivity contribution in [1.82, 2.24) is 29.9 Å². The third-order valence-corrected chi connectivity index (χ3v) is 4.30. The first-order valence-electron chi connectivity index (χ1n) is 11.5. The maximum Gasteiger partial charge on any atom is 0.322 e. The molecule has 2 atom stereocenters. The van der Waals surface area contributed by atoms with Crippen LogP contribution in [-0.4, -0.2) is 75.8 Å². The van der Waals surface area contributed by atoms with Crippen LogP contribution in [0.4, 0.5) is 23.8 Å². The van der Waals surface area contributed by atoms with Crippen LogP contribution < -0.4 is 26.0 Å². The highest BCUT2D eigenvalue weighted by Crippen LogP contribution is 2.14. The monoisotopic (exact) mass is 514 g/mol. The summed E-state index contributed by atoms with van der Waals surface area (Å²) in [5.74, 6) is 1.76. The van der Waals surface area contributed by atoms with Gasteiger partial charge < -0.3 is 35.5 Å². The second-order valence-corrected chi connectivity index (χ2v) is 8.21. The molecule has 0 aliphatic heterocycles. The molecule has 0 fully saturated rings. The molecule has 0 aliphatic rings. The van der Waals surface area contributed by atoms with Crippen LogP contribution in [0.25, 0.3) is 0 Å². The Kier molecular flexibility index (Phi) is 13.8. The molecule has 2 aromatic rings. The summed E-state index contributed by atoms with van der Waals surface area (Å²) in [5.41, 5.74) is 0.